The maximum atomic E-state index is 10.8. The fourth-order valence-electron chi connectivity index (χ4n) is 1.15. The first-order valence-corrected chi connectivity index (χ1v) is 6.10. The molecule has 98 valence electrons. The predicted octanol–water partition coefficient (Wildman–Crippen LogP) is 1.78. The molecule has 9 heteroatoms. The van der Waals surface area contributed by atoms with Crippen molar-refractivity contribution in [2.75, 3.05) is 7.11 Å². The van der Waals surface area contributed by atoms with Gasteiger partial charge in [-0.15, -0.1) is 0 Å². The van der Waals surface area contributed by atoms with Crippen LogP contribution in [0.4, 0.5) is 0 Å². The maximum Gasteiger partial charge on any atom is 0.354 e. The van der Waals surface area contributed by atoms with Gasteiger partial charge in [0.1, 0.15) is 5.69 Å². The lowest BCUT2D eigenvalue weighted by Gasteiger charge is -2.03. The SMILES string of the molecule is COc1nc(Cl)nc(Sc2ccnc(C(=O)O)c2)n1. The molecule has 0 aromatic carbocycles. The molecule has 0 bridgehead atoms. The van der Waals surface area contributed by atoms with Crippen LogP contribution in [0.2, 0.25) is 5.28 Å². The van der Waals surface area contributed by atoms with Crippen LogP contribution in [-0.2, 0) is 0 Å². The molecule has 2 heterocycles. The van der Waals surface area contributed by atoms with Crippen LogP contribution in [0.5, 0.6) is 6.01 Å². The molecule has 2 aromatic heterocycles. The Morgan fingerprint density at radius 2 is 2.21 bits per heavy atom. The monoisotopic (exact) mass is 298 g/mol. The molecule has 0 radical (unpaired) electrons. The summed E-state index contributed by atoms with van der Waals surface area (Å²) in [6.07, 6.45) is 1.39. The molecular formula is C10H7ClN4O3S. The second-order valence-electron chi connectivity index (χ2n) is 3.16. The third-order valence-corrected chi connectivity index (χ3v) is 2.93. The van der Waals surface area contributed by atoms with E-state index >= 15 is 0 Å². The zero-order chi connectivity index (χ0) is 13.8. The van der Waals surface area contributed by atoms with E-state index in [2.05, 4.69) is 19.9 Å². The van der Waals surface area contributed by atoms with Crippen molar-refractivity contribution in [1.82, 2.24) is 19.9 Å². The number of halogens is 1. The van der Waals surface area contributed by atoms with E-state index in [0.29, 0.717) is 10.1 Å². The van der Waals surface area contributed by atoms with Crippen LogP contribution < -0.4 is 4.74 Å². The first-order valence-electron chi connectivity index (χ1n) is 4.91. The average molecular weight is 299 g/mol. The summed E-state index contributed by atoms with van der Waals surface area (Å²) in [5, 5.41) is 9.15. The van der Waals surface area contributed by atoms with Gasteiger partial charge in [-0.25, -0.2) is 9.78 Å². The second-order valence-corrected chi connectivity index (χ2v) is 4.54. The Morgan fingerprint density at radius 1 is 1.42 bits per heavy atom. The summed E-state index contributed by atoms with van der Waals surface area (Å²) in [5.74, 6) is -1.10. The van der Waals surface area contributed by atoms with Gasteiger partial charge < -0.3 is 9.84 Å². The van der Waals surface area contributed by atoms with Crippen LogP contribution in [-0.4, -0.2) is 38.1 Å². The van der Waals surface area contributed by atoms with Gasteiger partial charge in [-0.05, 0) is 35.5 Å². The first-order chi connectivity index (χ1) is 9.08. The van der Waals surface area contributed by atoms with Crippen LogP contribution in [0.1, 0.15) is 10.5 Å². The second kappa shape index (κ2) is 5.81. The number of carboxylic acid groups (broad SMARTS) is 1. The number of aromatic nitrogens is 4. The summed E-state index contributed by atoms with van der Waals surface area (Å²) >= 11 is 6.85. The predicted molar refractivity (Wildman–Crippen MR) is 66.7 cm³/mol. The molecular weight excluding hydrogens is 292 g/mol. The van der Waals surface area contributed by atoms with Crippen molar-refractivity contribution in [3.63, 3.8) is 0 Å². The highest BCUT2D eigenvalue weighted by Crippen LogP contribution is 2.26. The number of carboxylic acids is 1. The molecule has 0 saturated carbocycles. The van der Waals surface area contributed by atoms with Crippen molar-refractivity contribution in [2.45, 2.75) is 10.1 Å². The molecule has 0 aliphatic heterocycles. The number of ether oxygens (including phenoxy) is 1. The van der Waals surface area contributed by atoms with E-state index in [0.717, 1.165) is 11.8 Å². The molecule has 19 heavy (non-hydrogen) atoms. The molecule has 7 nitrogen and oxygen atoms in total. The first kappa shape index (κ1) is 13.5. The van der Waals surface area contributed by atoms with Crippen molar-refractivity contribution in [3.05, 3.63) is 29.3 Å². The highest BCUT2D eigenvalue weighted by Gasteiger charge is 2.10. The summed E-state index contributed by atoms with van der Waals surface area (Å²) in [6.45, 7) is 0. The number of methoxy groups -OCH3 is 1. The van der Waals surface area contributed by atoms with Gasteiger partial charge in [0.15, 0.2) is 5.16 Å². The Morgan fingerprint density at radius 3 is 2.89 bits per heavy atom. The largest absolute Gasteiger partial charge is 0.477 e. The van der Waals surface area contributed by atoms with Crippen LogP contribution in [0, 0.1) is 0 Å². The van der Waals surface area contributed by atoms with E-state index in [1.165, 1.54) is 19.4 Å². The summed E-state index contributed by atoms with van der Waals surface area (Å²) in [4.78, 5) is 26.8. The topological polar surface area (TPSA) is 98.1 Å². The molecule has 0 saturated heterocycles. The third-order valence-electron chi connectivity index (χ3n) is 1.91. The molecule has 0 atom stereocenters. The summed E-state index contributed by atoms with van der Waals surface area (Å²) < 4.78 is 4.87. The van der Waals surface area contributed by atoms with Gasteiger partial charge in [0.2, 0.25) is 5.28 Å². The Balaban J connectivity index is 2.28. The molecule has 0 unspecified atom stereocenters. The zero-order valence-corrected chi connectivity index (χ0v) is 11.1. The van der Waals surface area contributed by atoms with Gasteiger partial charge in [0, 0.05) is 11.1 Å². The molecule has 1 N–H and O–H groups in total. The van der Waals surface area contributed by atoms with Gasteiger partial charge in [-0.1, -0.05) is 0 Å². The highest BCUT2D eigenvalue weighted by atomic mass is 35.5. The number of rotatable bonds is 4. The molecule has 2 rings (SSSR count). The van der Waals surface area contributed by atoms with E-state index < -0.39 is 5.97 Å². The molecule has 0 aliphatic carbocycles. The molecule has 0 fully saturated rings. The number of carbonyl (C=O) groups is 1. The van der Waals surface area contributed by atoms with Crippen molar-refractivity contribution in [3.8, 4) is 6.01 Å². The minimum Gasteiger partial charge on any atom is -0.477 e. The van der Waals surface area contributed by atoms with Crippen molar-refractivity contribution in [1.29, 1.82) is 0 Å². The van der Waals surface area contributed by atoms with E-state index in [4.69, 9.17) is 21.4 Å². The molecule has 0 spiro atoms. The van der Waals surface area contributed by atoms with Crippen molar-refractivity contribution >= 4 is 29.3 Å². The number of hydrogen-bond acceptors (Lipinski definition) is 7. The zero-order valence-electron chi connectivity index (χ0n) is 9.57. The number of aromatic carboxylic acids is 1. The number of nitrogens with zero attached hydrogens (tertiary/aromatic N) is 4. The van der Waals surface area contributed by atoms with E-state index in [1.807, 2.05) is 0 Å². The standard InChI is InChI=1S/C10H7ClN4O3S/c1-18-9-13-8(11)14-10(15-9)19-5-2-3-12-6(4-5)7(16)17/h2-4H,1H3,(H,16,17). The average Bonchev–Trinajstić information content (AvgIpc) is 2.38. The van der Waals surface area contributed by atoms with Gasteiger partial charge in [-0.2, -0.15) is 15.0 Å². The Bertz CT molecular complexity index is 625. The van der Waals surface area contributed by atoms with E-state index in [-0.39, 0.29) is 17.0 Å². The fourth-order valence-corrected chi connectivity index (χ4v) is 2.12. The van der Waals surface area contributed by atoms with Crippen LogP contribution in [0.3, 0.4) is 0 Å². The van der Waals surface area contributed by atoms with Gasteiger partial charge >= 0.3 is 12.0 Å². The van der Waals surface area contributed by atoms with Gasteiger partial charge in [-0.3, -0.25) is 0 Å². The smallest absolute Gasteiger partial charge is 0.354 e. The van der Waals surface area contributed by atoms with Crippen molar-refractivity contribution in [2.24, 2.45) is 0 Å². The maximum absolute atomic E-state index is 10.8. The molecule has 0 aliphatic rings. The van der Waals surface area contributed by atoms with Gasteiger partial charge in [0.25, 0.3) is 0 Å². The summed E-state index contributed by atoms with van der Waals surface area (Å²) in [5.41, 5.74) is -0.0582. The Labute approximate surface area is 117 Å². The number of pyridine rings is 1. The van der Waals surface area contributed by atoms with Crippen LogP contribution >= 0.6 is 23.4 Å². The Kier molecular flexibility index (Phi) is 4.13. The van der Waals surface area contributed by atoms with Gasteiger partial charge in [0.05, 0.1) is 7.11 Å². The lowest BCUT2D eigenvalue weighted by molar-refractivity contribution is 0.0690. The third kappa shape index (κ3) is 3.52. The normalized spacial score (nSPS) is 10.2. The molecule has 0 amide bonds. The molecule has 2 aromatic rings. The number of hydrogen-bond donors (Lipinski definition) is 1. The van der Waals surface area contributed by atoms with Crippen LogP contribution in [0.15, 0.2) is 28.4 Å². The Hall–Kier alpha value is -1.93. The summed E-state index contributed by atoms with van der Waals surface area (Å²) in [6, 6.07) is 3.15. The quantitative estimate of drug-likeness (QED) is 0.912. The fraction of sp³-hybridized carbons (Fsp3) is 0.100. The van der Waals surface area contributed by atoms with Crippen molar-refractivity contribution < 1.29 is 14.6 Å². The lowest BCUT2D eigenvalue weighted by Crippen LogP contribution is -2.00. The summed E-state index contributed by atoms with van der Waals surface area (Å²) in [7, 11) is 1.41. The minimum atomic E-state index is -1.10. The minimum absolute atomic E-state index is 0.00173. The lowest BCUT2D eigenvalue weighted by atomic mass is 10.4. The van der Waals surface area contributed by atoms with E-state index in [1.54, 1.807) is 6.07 Å². The highest BCUT2D eigenvalue weighted by molar-refractivity contribution is 7.99. The van der Waals surface area contributed by atoms with Crippen LogP contribution in [0.25, 0.3) is 0 Å². The van der Waals surface area contributed by atoms with E-state index in [9.17, 15) is 4.79 Å².